The van der Waals surface area contributed by atoms with Gasteiger partial charge in [0.2, 0.25) is 11.8 Å². The van der Waals surface area contributed by atoms with Gasteiger partial charge in [-0.05, 0) is 42.5 Å². The molecule has 0 aromatic heterocycles. The standard InChI is InChI=1S/C25H20Cl2F3N3O3/c26-19-8-9-22(36-15-16-4-1-2-7-21(16)27)17(12-19)14-31-33-24(35)11-10-23(34)32-20-6-3-5-18(13-20)25(28,29)30/h1-9,12-14H,10-11,15H2,(H,32,34)(H,33,35). The van der Waals surface area contributed by atoms with E-state index in [2.05, 4.69) is 15.8 Å². The van der Waals surface area contributed by atoms with E-state index in [1.807, 2.05) is 18.2 Å². The highest BCUT2D eigenvalue weighted by Gasteiger charge is 2.30. The number of benzene rings is 3. The zero-order chi connectivity index (χ0) is 26.1. The predicted octanol–water partition coefficient (Wildman–Crippen LogP) is 6.46. The summed E-state index contributed by atoms with van der Waals surface area (Å²) in [6.45, 7) is 0.204. The molecule has 0 heterocycles. The van der Waals surface area contributed by atoms with Gasteiger partial charge in [-0.1, -0.05) is 47.5 Å². The average Bonchev–Trinajstić information content (AvgIpc) is 2.83. The normalized spacial score (nSPS) is 11.4. The fourth-order valence-corrected chi connectivity index (χ4v) is 3.35. The minimum Gasteiger partial charge on any atom is -0.488 e. The van der Waals surface area contributed by atoms with E-state index in [1.165, 1.54) is 18.3 Å². The Hall–Kier alpha value is -3.56. The van der Waals surface area contributed by atoms with Crippen LogP contribution in [0.1, 0.15) is 29.5 Å². The van der Waals surface area contributed by atoms with Gasteiger partial charge in [0.25, 0.3) is 0 Å². The Labute approximate surface area is 215 Å². The van der Waals surface area contributed by atoms with Gasteiger partial charge in [0.1, 0.15) is 12.4 Å². The van der Waals surface area contributed by atoms with Gasteiger partial charge in [-0.3, -0.25) is 9.59 Å². The molecule has 0 aliphatic carbocycles. The molecule has 0 radical (unpaired) electrons. The molecule has 11 heteroatoms. The van der Waals surface area contributed by atoms with Crippen molar-refractivity contribution in [2.45, 2.75) is 25.6 Å². The van der Waals surface area contributed by atoms with E-state index in [0.29, 0.717) is 21.4 Å². The molecule has 0 atom stereocenters. The molecule has 2 N–H and O–H groups in total. The zero-order valence-electron chi connectivity index (χ0n) is 18.6. The number of hydrogen-bond acceptors (Lipinski definition) is 4. The summed E-state index contributed by atoms with van der Waals surface area (Å²) in [5.74, 6) is -0.720. The van der Waals surface area contributed by atoms with Crippen molar-refractivity contribution < 1.29 is 27.5 Å². The van der Waals surface area contributed by atoms with E-state index in [-0.39, 0.29) is 25.1 Å². The van der Waals surface area contributed by atoms with Gasteiger partial charge in [-0.2, -0.15) is 18.3 Å². The molecule has 0 fully saturated rings. The second kappa shape index (κ2) is 12.4. The lowest BCUT2D eigenvalue weighted by Crippen LogP contribution is -2.20. The third-order valence-electron chi connectivity index (χ3n) is 4.76. The van der Waals surface area contributed by atoms with Crippen molar-refractivity contribution in [1.82, 2.24) is 5.43 Å². The molecular formula is C25H20Cl2F3N3O3. The first-order chi connectivity index (χ1) is 17.1. The molecule has 2 amide bonds. The highest BCUT2D eigenvalue weighted by molar-refractivity contribution is 6.31. The SMILES string of the molecule is O=C(CCC(=O)Nc1cccc(C(F)(F)F)c1)NN=Cc1cc(Cl)ccc1OCc1ccccc1Cl. The van der Waals surface area contributed by atoms with Gasteiger partial charge in [0.15, 0.2) is 0 Å². The van der Waals surface area contributed by atoms with E-state index in [9.17, 15) is 22.8 Å². The maximum absolute atomic E-state index is 12.8. The van der Waals surface area contributed by atoms with Crippen LogP contribution >= 0.6 is 23.2 Å². The molecule has 0 unspecified atom stereocenters. The van der Waals surface area contributed by atoms with E-state index in [0.717, 1.165) is 17.7 Å². The molecule has 3 aromatic rings. The molecule has 0 saturated heterocycles. The number of hydrazone groups is 1. The first-order valence-corrected chi connectivity index (χ1v) is 11.3. The summed E-state index contributed by atoms with van der Waals surface area (Å²) in [5.41, 5.74) is 2.67. The molecule has 0 bridgehead atoms. The number of rotatable bonds is 9. The maximum atomic E-state index is 12.8. The molecule has 3 aromatic carbocycles. The van der Waals surface area contributed by atoms with E-state index in [1.54, 1.807) is 24.3 Å². The Balaban J connectivity index is 1.51. The summed E-state index contributed by atoms with van der Waals surface area (Å²) in [4.78, 5) is 24.1. The molecule has 6 nitrogen and oxygen atoms in total. The molecular weight excluding hydrogens is 518 g/mol. The molecule has 36 heavy (non-hydrogen) atoms. The number of hydrogen-bond donors (Lipinski definition) is 2. The Kier molecular flexibility index (Phi) is 9.32. The van der Waals surface area contributed by atoms with Gasteiger partial charge in [0, 0.05) is 39.7 Å². The topological polar surface area (TPSA) is 79.8 Å². The van der Waals surface area contributed by atoms with Gasteiger partial charge in [0.05, 0.1) is 11.8 Å². The van der Waals surface area contributed by atoms with Crippen LogP contribution in [0.25, 0.3) is 0 Å². The summed E-state index contributed by atoms with van der Waals surface area (Å²) in [6, 6.07) is 16.3. The van der Waals surface area contributed by atoms with E-state index >= 15 is 0 Å². The second-order valence-corrected chi connectivity index (χ2v) is 8.33. The monoisotopic (exact) mass is 537 g/mol. The van der Waals surface area contributed by atoms with Gasteiger partial charge < -0.3 is 10.1 Å². The van der Waals surface area contributed by atoms with E-state index < -0.39 is 23.6 Å². The van der Waals surface area contributed by atoms with Crippen molar-refractivity contribution in [3.8, 4) is 5.75 Å². The Morgan fingerprint density at radius 2 is 1.69 bits per heavy atom. The smallest absolute Gasteiger partial charge is 0.416 e. The number of ether oxygens (including phenoxy) is 1. The first-order valence-electron chi connectivity index (χ1n) is 10.6. The quantitative estimate of drug-likeness (QED) is 0.243. The van der Waals surface area contributed by atoms with E-state index in [4.69, 9.17) is 27.9 Å². The van der Waals surface area contributed by atoms with Crippen LogP contribution < -0.4 is 15.5 Å². The number of halogens is 5. The molecule has 0 spiro atoms. The molecule has 0 saturated carbocycles. The number of alkyl halides is 3. The predicted molar refractivity (Wildman–Crippen MR) is 132 cm³/mol. The van der Waals surface area contributed by atoms with Crippen LogP contribution in [0.4, 0.5) is 18.9 Å². The van der Waals surface area contributed by atoms with Crippen molar-refractivity contribution in [3.05, 3.63) is 93.5 Å². The lowest BCUT2D eigenvalue weighted by atomic mass is 10.2. The summed E-state index contributed by atoms with van der Waals surface area (Å²) < 4.78 is 44.2. The zero-order valence-corrected chi connectivity index (χ0v) is 20.1. The fourth-order valence-electron chi connectivity index (χ4n) is 2.98. The lowest BCUT2D eigenvalue weighted by Gasteiger charge is -2.10. The number of nitrogens with one attached hydrogen (secondary N) is 2. The highest BCUT2D eigenvalue weighted by atomic mass is 35.5. The highest BCUT2D eigenvalue weighted by Crippen LogP contribution is 2.30. The minimum atomic E-state index is -4.53. The van der Waals surface area contributed by atoms with Crippen LogP contribution in [-0.2, 0) is 22.4 Å². The van der Waals surface area contributed by atoms with Crippen molar-refractivity contribution >= 4 is 46.9 Å². The van der Waals surface area contributed by atoms with Crippen molar-refractivity contribution in [1.29, 1.82) is 0 Å². The van der Waals surface area contributed by atoms with Crippen LogP contribution in [-0.4, -0.2) is 18.0 Å². The summed E-state index contributed by atoms with van der Waals surface area (Å²) in [6.07, 6.45) is -3.66. The third kappa shape index (κ3) is 8.28. The van der Waals surface area contributed by atoms with Crippen LogP contribution in [0.5, 0.6) is 5.75 Å². The van der Waals surface area contributed by atoms with Crippen LogP contribution in [0.15, 0.2) is 71.8 Å². The fraction of sp³-hybridized carbons (Fsp3) is 0.160. The van der Waals surface area contributed by atoms with Crippen molar-refractivity contribution in [2.75, 3.05) is 5.32 Å². The Bertz CT molecular complexity index is 1270. The third-order valence-corrected chi connectivity index (χ3v) is 5.36. The van der Waals surface area contributed by atoms with Gasteiger partial charge in [-0.25, -0.2) is 5.43 Å². The summed E-state index contributed by atoms with van der Waals surface area (Å²) >= 11 is 12.2. The Morgan fingerprint density at radius 1 is 0.944 bits per heavy atom. The van der Waals surface area contributed by atoms with Crippen LogP contribution in [0.2, 0.25) is 10.0 Å². The molecule has 188 valence electrons. The molecule has 0 aliphatic rings. The van der Waals surface area contributed by atoms with Gasteiger partial charge in [-0.15, -0.1) is 0 Å². The number of nitrogens with zero attached hydrogens (tertiary/aromatic N) is 1. The van der Waals surface area contributed by atoms with Crippen LogP contribution in [0.3, 0.4) is 0 Å². The number of amides is 2. The number of carbonyl (C=O) groups excluding carboxylic acids is 2. The second-order valence-electron chi connectivity index (χ2n) is 7.48. The number of carbonyl (C=O) groups is 2. The first kappa shape index (κ1) is 27.0. The summed E-state index contributed by atoms with van der Waals surface area (Å²) in [5, 5.41) is 7.20. The summed E-state index contributed by atoms with van der Waals surface area (Å²) in [7, 11) is 0. The van der Waals surface area contributed by atoms with Gasteiger partial charge >= 0.3 is 6.18 Å². The maximum Gasteiger partial charge on any atom is 0.416 e. The largest absolute Gasteiger partial charge is 0.488 e. The number of anilines is 1. The van der Waals surface area contributed by atoms with Crippen molar-refractivity contribution in [3.63, 3.8) is 0 Å². The van der Waals surface area contributed by atoms with Crippen LogP contribution in [0, 0.1) is 0 Å². The molecule has 0 aliphatic heterocycles. The molecule has 3 rings (SSSR count). The minimum absolute atomic E-state index is 0.0153. The average molecular weight is 538 g/mol. The Morgan fingerprint density at radius 3 is 2.44 bits per heavy atom. The van der Waals surface area contributed by atoms with Crippen molar-refractivity contribution in [2.24, 2.45) is 5.10 Å². The lowest BCUT2D eigenvalue weighted by molar-refractivity contribution is -0.137.